The molecule has 0 N–H and O–H groups in total. The van der Waals surface area contributed by atoms with Gasteiger partial charge in [0.05, 0.1) is 6.10 Å². The lowest BCUT2D eigenvalue weighted by Crippen LogP contribution is -2.46. The van der Waals surface area contributed by atoms with E-state index in [-0.39, 0.29) is 35.4 Å². The van der Waals surface area contributed by atoms with Gasteiger partial charge in [0.1, 0.15) is 24.8 Å². The number of esters is 1. The highest BCUT2D eigenvalue weighted by atomic mass is 79.9. The van der Waals surface area contributed by atoms with Gasteiger partial charge in [-0.05, 0) is 47.6 Å². The third kappa shape index (κ3) is 4.95. The van der Waals surface area contributed by atoms with E-state index in [9.17, 15) is 4.79 Å². The van der Waals surface area contributed by atoms with E-state index in [1.165, 1.54) is 12.5 Å². The van der Waals surface area contributed by atoms with Gasteiger partial charge in [0.2, 0.25) is 0 Å². The van der Waals surface area contributed by atoms with Crippen LogP contribution in [0.4, 0.5) is 0 Å². The van der Waals surface area contributed by atoms with Crippen LogP contribution in [0.2, 0.25) is 0 Å². The van der Waals surface area contributed by atoms with Crippen molar-refractivity contribution < 1.29 is 23.7 Å². The monoisotopic (exact) mass is 520 g/mol. The number of rotatable bonds is 5. The number of carbonyl (C=O) groups is 1. The molecule has 7 heteroatoms. The van der Waals surface area contributed by atoms with Crippen molar-refractivity contribution in [2.24, 2.45) is 11.8 Å². The van der Waals surface area contributed by atoms with Crippen LogP contribution in [0.1, 0.15) is 43.6 Å². The number of halogens is 1. The fraction of sp³-hybridized carbons (Fsp3) is 0.480. The Labute approximate surface area is 202 Å². The molecule has 0 bridgehead atoms. The Morgan fingerprint density at radius 1 is 1.09 bits per heavy atom. The van der Waals surface area contributed by atoms with E-state index >= 15 is 0 Å². The summed E-state index contributed by atoms with van der Waals surface area (Å²) in [6.45, 7) is 6.84. The number of fused-ring (bicyclic) bond motifs is 1. The molecular formula is C25H29BrO5S. The van der Waals surface area contributed by atoms with E-state index < -0.39 is 0 Å². The average Bonchev–Trinajstić information content (AvgIpc) is 2.78. The lowest BCUT2D eigenvalue weighted by Gasteiger charge is -2.44. The third-order valence-corrected chi connectivity index (χ3v) is 7.94. The Bertz CT molecular complexity index is 981. The van der Waals surface area contributed by atoms with Gasteiger partial charge >= 0.3 is 5.97 Å². The predicted molar refractivity (Wildman–Crippen MR) is 129 cm³/mol. The lowest BCUT2D eigenvalue weighted by atomic mass is 9.83. The maximum Gasteiger partial charge on any atom is 0.302 e. The molecule has 32 heavy (non-hydrogen) atoms. The summed E-state index contributed by atoms with van der Waals surface area (Å²) in [5.74, 6) is 1.51. The van der Waals surface area contributed by atoms with Crippen molar-refractivity contribution in [2.45, 2.75) is 44.8 Å². The predicted octanol–water partition coefficient (Wildman–Crippen LogP) is 5.78. The number of benzene rings is 2. The number of thioether (sulfide) groups is 1. The van der Waals surface area contributed by atoms with Gasteiger partial charge < -0.3 is 18.9 Å². The van der Waals surface area contributed by atoms with Gasteiger partial charge in [-0.3, -0.25) is 4.79 Å². The first-order valence-electron chi connectivity index (χ1n) is 10.9. The van der Waals surface area contributed by atoms with E-state index in [0.29, 0.717) is 13.2 Å². The average molecular weight is 521 g/mol. The molecule has 0 aliphatic carbocycles. The third-order valence-electron chi connectivity index (χ3n) is 6.16. The molecule has 0 aromatic heterocycles. The molecule has 0 spiro atoms. The maximum absolute atomic E-state index is 11.8. The highest BCUT2D eigenvalue weighted by Gasteiger charge is 2.43. The molecule has 0 radical (unpaired) electrons. The van der Waals surface area contributed by atoms with E-state index in [0.717, 1.165) is 33.5 Å². The minimum absolute atomic E-state index is 0.0366. The van der Waals surface area contributed by atoms with E-state index in [1.54, 1.807) is 11.8 Å². The van der Waals surface area contributed by atoms with Crippen LogP contribution in [-0.2, 0) is 20.7 Å². The Kier molecular flexibility index (Phi) is 7.37. The standard InChI is InChI=1S/C25H29BrO5S/c1-14-23(30-16(3)27)15(2)25(32-4)31-24(14)18-6-7-20(26)19(13-18)11-17-5-8-21-22(12-17)29-10-9-28-21/h5-8,12-15,23-25H,9-11H2,1-4H3/t14-,15+,23-,24-,25-/m1/s1. The maximum atomic E-state index is 11.8. The van der Waals surface area contributed by atoms with Crippen LogP contribution in [0.25, 0.3) is 0 Å². The number of hydrogen-bond donors (Lipinski definition) is 0. The smallest absolute Gasteiger partial charge is 0.302 e. The molecule has 2 heterocycles. The molecule has 1 saturated heterocycles. The minimum Gasteiger partial charge on any atom is -0.486 e. The van der Waals surface area contributed by atoms with E-state index in [1.807, 2.05) is 12.3 Å². The van der Waals surface area contributed by atoms with Crippen molar-refractivity contribution in [3.05, 3.63) is 57.6 Å². The summed E-state index contributed by atoms with van der Waals surface area (Å²) in [6.07, 6.45) is 2.45. The molecule has 0 amide bonds. The molecule has 2 aliphatic rings. The first-order chi connectivity index (χ1) is 15.4. The quantitative estimate of drug-likeness (QED) is 0.466. The van der Waals surface area contributed by atoms with Crippen molar-refractivity contribution in [3.8, 4) is 11.5 Å². The molecule has 172 valence electrons. The van der Waals surface area contributed by atoms with Crippen LogP contribution < -0.4 is 9.47 Å². The first-order valence-corrected chi connectivity index (χ1v) is 13.0. The zero-order valence-corrected chi connectivity index (χ0v) is 21.2. The van der Waals surface area contributed by atoms with Crippen molar-refractivity contribution in [1.82, 2.24) is 0 Å². The van der Waals surface area contributed by atoms with Gasteiger partial charge in [0, 0.05) is 23.2 Å². The molecule has 0 saturated carbocycles. The minimum atomic E-state index is -0.246. The number of hydrogen-bond acceptors (Lipinski definition) is 6. The molecule has 1 fully saturated rings. The van der Waals surface area contributed by atoms with Crippen LogP contribution in [-0.4, -0.2) is 37.0 Å². The Morgan fingerprint density at radius 3 is 2.56 bits per heavy atom. The topological polar surface area (TPSA) is 54.0 Å². The van der Waals surface area contributed by atoms with Crippen molar-refractivity contribution in [1.29, 1.82) is 0 Å². The summed E-state index contributed by atoms with van der Waals surface area (Å²) in [6, 6.07) is 12.5. The van der Waals surface area contributed by atoms with Crippen LogP contribution >= 0.6 is 27.7 Å². The second kappa shape index (κ2) is 10.1. The lowest BCUT2D eigenvalue weighted by molar-refractivity contribution is -0.176. The number of ether oxygens (including phenoxy) is 4. The van der Waals surface area contributed by atoms with Gasteiger partial charge in [0.15, 0.2) is 11.5 Å². The normalized spacial score (nSPS) is 27.1. The summed E-state index contributed by atoms with van der Waals surface area (Å²) in [4.78, 5) is 11.8. The molecular weight excluding hydrogens is 492 g/mol. The zero-order valence-electron chi connectivity index (χ0n) is 18.8. The van der Waals surface area contributed by atoms with Gasteiger partial charge in [-0.2, -0.15) is 0 Å². The van der Waals surface area contributed by atoms with E-state index in [4.69, 9.17) is 18.9 Å². The summed E-state index contributed by atoms with van der Waals surface area (Å²) in [5.41, 5.74) is 3.37. The van der Waals surface area contributed by atoms with Gasteiger partial charge in [-0.25, -0.2) is 0 Å². The fourth-order valence-electron chi connectivity index (χ4n) is 4.58. The summed E-state index contributed by atoms with van der Waals surface area (Å²) in [5, 5.41) is 0. The van der Waals surface area contributed by atoms with Crippen LogP contribution in [0.5, 0.6) is 11.5 Å². The molecule has 5 nitrogen and oxygen atoms in total. The van der Waals surface area contributed by atoms with Crippen molar-refractivity contribution >= 4 is 33.7 Å². The highest BCUT2D eigenvalue weighted by Crippen LogP contribution is 2.44. The van der Waals surface area contributed by atoms with Crippen LogP contribution in [0.3, 0.4) is 0 Å². The molecule has 0 unspecified atom stereocenters. The summed E-state index contributed by atoms with van der Waals surface area (Å²) < 4.78 is 24.7. The first kappa shape index (κ1) is 23.5. The molecule has 5 atom stereocenters. The van der Waals surface area contributed by atoms with Crippen molar-refractivity contribution in [2.75, 3.05) is 19.5 Å². The summed E-state index contributed by atoms with van der Waals surface area (Å²) >= 11 is 5.37. The van der Waals surface area contributed by atoms with Gasteiger partial charge in [-0.1, -0.05) is 48.0 Å². The van der Waals surface area contributed by atoms with Gasteiger partial charge in [-0.15, -0.1) is 11.8 Å². The zero-order chi connectivity index (χ0) is 22.8. The van der Waals surface area contributed by atoms with E-state index in [2.05, 4.69) is 60.1 Å². The van der Waals surface area contributed by atoms with Crippen molar-refractivity contribution in [3.63, 3.8) is 0 Å². The second-order valence-electron chi connectivity index (χ2n) is 8.46. The van der Waals surface area contributed by atoms with Gasteiger partial charge in [0.25, 0.3) is 0 Å². The Morgan fingerprint density at radius 2 is 1.84 bits per heavy atom. The molecule has 2 aliphatic heterocycles. The van der Waals surface area contributed by atoms with Crippen LogP contribution in [0, 0.1) is 11.8 Å². The second-order valence-corrected chi connectivity index (χ2v) is 10.2. The largest absolute Gasteiger partial charge is 0.486 e. The number of carbonyl (C=O) groups excluding carboxylic acids is 1. The summed E-state index contributed by atoms with van der Waals surface area (Å²) in [7, 11) is 0. The SMILES string of the molecule is CS[C@H]1O[C@@H](c2ccc(Br)c(Cc3ccc4c(c3)OCCO4)c2)[C@H](C)[C@@H](OC(C)=O)[C@@H]1C. The fourth-order valence-corrected chi connectivity index (χ4v) is 5.78. The Balaban J connectivity index is 1.60. The van der Waals surface area contributed by atoms with Crippen LogP contribution in [0.15, 0.2) is 40.9 Å². The molecule has 2 aromatic carbocycles. The highest BCUT2D eigenvalue weighted by molar-refractivity contribution is 9.10. The molecule has 2 aromatic rings. The molecule has 4 rings (SSSR count). The Hall–Kier alpha value is -1.70.